The molecule has 2 unspecified atom stereocenters. The molecule has 1 aliphatic rings. The van der Waals surface area contributed by atoms with Gasteiger partial charge >= 0.3 is 0 Å². The van der Waals surface area contributed by atoms with Gasteiger partial charge in [-0.2, -0.15) is 0 Å². The van der Waals surface area contributed by atoms with Crippen LogP contribution in [0.4, 0.5) is 0 Å². The maximum atomic E-state index is 13.4. The molecule has 39 heavy (non-hydrogen) atoms. The zero-order valence-corrected chi connectivity index (χ0v) is 21.9. The molecule has 3 heterocycles. The minimum atomic E-state index is -0.892. The Hall–Kier alpha value is -4.21. The summed E-state index contributed by atoms with van der Waals surface area (Å²) in [6.07, 6.45) is 8.73. The van der Waals surface area contributed by atoms with Crippen molar-refractivity contribution >= 4 is 23.4 Å². The van der Waals surface area contributed by atoms with E-state index in [-0.39, 0.29) is 18.5 Å². The van der Waals surface area contributed by atoms with Crippen molar-refractivity contribution in [3.63, 3.8) is 0 Å². The van der Waals surface area contributed by atoms with Gasteiger partial charge in [-0.05, 0) is 47.9 Å². The smallest absolute Gasteiger partial charge is 0.255 e. The van der Waals surface area contributed by atoms with E-state index < -0.39 is 17.9 Å². The lowest BCUT2D eigenvalue weighted by Crippen LogP contribution is -2.46. The Morgan fingerprint density at radius 2 is 1.82 bits per heavy atom. The van der Waals surface area contributed by atoms with E-state index in [0.29, 0.717) is 22.9 Å². The molecule has 0 bridgehead atoms. The van der Waals surface area contributed by atoms with Gasteiger partial charge in [-0.3, -0.25) is 14.6 Å². The molecule has 10 heteroatoms. The molecule has 2 amide bonds. The first kappa shape index (κ1) is 26.4. The topological polar surface area (TPSA) is 135 Å². The van der Waals surface area contributed by atoms with Crippen LogP contribution in [0.15, 0.2) is 79.5 Å². The Kier molecular flexibility index (Phi) is 8.19. The number of nitrogens with two attached hydrogens (primary N) is 1. The highest BCUT2D eigenvalue weighted by atomic mass is 35.5. The number of para-hydroxylation sites is 1. The number of hydrogen-bond acceptors (Lipinski definition) is 6. The fraction of sp³-hybridized carbons (Fsp3) is 0.241. The van der Waals surface area contributed by atoms with Gasteiger partial charge in [0.2, 0.25) is 5.91 Å². The molecule has 0 radical (unpaired) electrons. The number of aromatic nitrogens is 3. The summed E-state index contributed by atoms with van der Waals surface area (Å²) >= 11 is 5.97. The number of H-pyrrole nitrogens is 1. The number of ether oxygens (including phenoxy) is 1. The Labute approximate surface area is 231 Å². The first-order chi connectivity index (χ1) is 19.0. The number of carbonyl (C=O) groups excluding carboxylic acids is 2. The lowest BCUT2D eigenvalue weighted by molar-refractivity contribution is -0.119. The van der Waals surface area contributed by atoms with E-state index in [0.717, 1.165) is 35.2 Å². The Bertz CT molecular complexity index is 1410. The number of carbonyl (C=O) groups is 2. The van der Waals surface area contributed by atoms with E-state index >= 15 is 0 Å². The van der Waals surface area contributed by atoms with E-state index in [1.54, 1.807) is 49.1 Å². The van der Waals surface area contributed by atoms with Crippen molar-refractivity contribution < 1.29 is 14.3 Å². The van der Waals surface area contributed by atoms with Crippen molar-refractivity contribution in [2.45, 2.75) is 37.4 Å². The van der Waals surface area contributed by atoms with E-state index in [4.69, 9.17) is 22.1 Å². The number of rotatable bonds is 10. The normalized spacial score (nSPS) is 16.0. The van der Waals surface area contributed by atoms with Crippen LogP contribution in [0.3, 0.4) is 0 Å². The van der Waals surface area contributed by atoms with E-state index in [2.05, 4.69) is 25.6 Å². The van der Waals surface area contributed by atoms with Crippen LogP contribution in [0.1, 0.15) is 51.2 Å². The molecule has 0 saturated carbocycles. The minimum absolute atomic E-state index is 0.0537. The standard InChI is InChI=1S/C29H29ClN6O3/c30-20-6-4-18(5-7-20)15-25(28(31)37)36-29(38)22-3-1-2-21-23(10-13-39-27(21)22)35-24(26-16-33-17-34-26)14-19-8-11-32-12-9-19/h1-9,11-12,16-17,23-25,35H,10,13-15H2,(H2,31,37)(H,33,34)(H,36,38)/t23?,24?,25-/m0/s1. The van der Waals surface area contributed by atoms with Gasteiger partial charge in [0.1, 0.15) is 11.8 Å². The largest absolute Gasteiger partial charge is 0.492 e. The number of primary amides is 1. The Morgan fingerprint density at radius 1 is 1.05 bits per heavy atom. The van der Waals surface area contributed by atoms with Gasteiger partial charge in [0.05, 0.1) is 30.2 Å². The zero-order chi connectivity index (χ0) is 27.2. The maximum absolute atomic E-state index is 13.4. The Morgan fingerprint density at radius 3 is 2.54 bits per heavy atom. The van der Waals surface area contributed by atoms with Crippen molar-refractivity contribution in [3.05, 3.63) is 112 Å². The summed E-state index contributed by atoms with van der Waals surface area (Å²) in [5.74, 6) is -0.546. The fourth-order valence-electron chi connectivity index (χ4n) is 4.80. The molecule has 2 aromatic carbocycles. The van der Waals surface area contributed by atoms with Gasteiger partial charge in [0.15, 0.2) is 0 Å². The summed E-state index contributed by atoms with van der Waals surface area (Å²) in [5, 5.41) is 7.12. The summed E-state index contributed by atoms with van der Waals surface area (Å²) in [7, 11) is 0. The summed E-state index contributed by atoms with van der Waals surface area (Å²) in [4.78, 5) is 37.1. The van der Waals surface area contributed by atoms with Crippen molar-refractivity contribution in [1.82, 2.24) is 25.6 Å². The van der Waals surface area contributed by atoms with Gasteiger partial charge in [0, 0.05) is 48.1 Å². The van der Waals surface area contributed by atoms with Crippen LogP contribution in [0.5, 0.6) is 5.75 Å². The van der Waals surface area contributed by atoms with Crippen LogP contribution in [0.25, 0.3) is 0 Å². The third-order valence-corrected chi connectivity index (χ3v) is 7.06. The van der Waals surface area contributed by atoms with Crippen molar-refractivity contribution in [1.29, 1.82) is 0 Å². The van der Waals surface area contributed by atoms with Crippen molar-refractivity contribution in [2.24, 2.45) is 5.73 Å². The second kappa shape index (κ2) is 12.1. The molecule has 0 saturated heterocycles. The molecule has 4 aromatic rings. The average Bonchev–Trinajstić information content (AvgIpc) is 3.49. The number of aromatic amines is 1. The SMILES string of the molecule is NC(=O)[C@H](Cc1ccc(Cl)cc1)NC(=O)c1cccc2c1OCCC2NC(Cc1ccncc1)c1cnc[nH]1. The van der Waals surface area contributed by atoms with Crippen LogP contribution >= 0.6 is 11.6 Å². The molecular weight excluding hydrogens is 516 g/mol. The van der Waals surface area contributed by atoms with Crippen LogP contribution in [-0.4, -0.2) is 39.4 Å². The van der Waals surface area contributed by atoms with Crippen molar-refractivity contribution in [3.8, 4) is 5.75 Å². The summed E-state index contributed by atoms with van der Waals surface area (Å²) in [6.45, 7) is 0.434. The third kappa shape index (κ3) is 6.45. The highest BCUT2D eigenvalue weighted by molar-refractivity contribution is 6.30. The van der Waals surface area contributed by atoms with Crippen LogP contribution in [0.2, 0.25) is 5.02 Å². The second-order valence-electron chi connectivity index (χ2n) is 9.46. The fourth-order valence-corrected chi connectivity index (χ4v) is 4.93. The predicted molar refractivity (Wildman–Crippen MR) is 147 cm³/mol. The molecule has 0 fully saturated rings. The second-order valence-corrected chi connectivity index (χ2v) is 9.89. The van der Waals surface area contributed by atoms with Crippen LogP contribution in [0, 0.1) is 0 Å². The van der Waals surface area contributed by atoms with Gasteiger partial charge in [0.25, 0.3) is 5.91 Å². The number of nitrogens with zero attached hydrogens (tertiary/aromatic N) is 2. The number of benzene rings is 2. The zero-order valence-electron chi connectivity index (χ0n) is 21.1. The van der Waals surface area contributed by atoms with Gasteiger partial charge in [-0.25, -0.2) is 4.98 Å². The van der Waals surface area contributed by atoms with Crippen LogP contribution in [-0.2, 0) is 17.6 Å². The summed E-state index contributed by atoms with van der Waals surface area (Å²) < 4.78 is 6.01. The number of hydrogen-bond donors (Lipinski definition) is 4. The monoisotopic (exact) mass is 544 g/mol. The number of nitrogens with one attached hydrogen (secondary N) is 3. The van der Waals surface area contributed by atoms with Gasteiger partial charge in [-0.15, -0.1) is 0 Å². The molecule has 9 nitrogen and oxygen atoms in total. The van der Waals surface area contributed by atoms with Gasteiger partial charge in [-0.1, -0.05) is 35.9 Å². The molecule has 200 valence electrons. The first-order valence-electron chi connectivity index (χ1n) is 12.7. The van der Waals surface area contributed by atoms with Gasteiger partial charge < -0.3 is 26.1 Å². The van der Waals surface area contributed by atoms with E-state index in [1.165, 1.54) is 0 Å². The molecule has 0 spiro atoms. The van der Waals surface area contributed by atoms with E-state index in [9.17, 15) is 9.59 Å². The number of amides is 2. The quantitative estimate of drug-likeness (QED) is 0.240. The molecular formula is C29H29ClN6O3. The molecule has 5 rings (SSSR count). The van der Waals surface area contributed by atoms with E-state index in [1.807, 2.05) is 30.5 Å². The number of pyridine rings is 1. The number of imidazole rings is 1. The number of fused-ring (bicyclic) bond motifs is 1. The van der Waals surface area contributed by atoms with Crippen molar-refractivity contribution in [2.75, 3.05) is 6.61 Å². The molecule has 2 aromatic heterocycles. The third-order valence-electron chi connectivity index (χ3n) is 6.81. The first-order valence-corrected chi connectivity index (χ1v) is 13.1. The molecule has 0 aliphatic carbocycles. The summed E-state index contributed by atoms with van der Waals surface area (Å²) in [5.41, 5.74) is 9.79. The van der Waals surface area contributed by atoms with Crippen LogP contribution < -0.4 is 21.1 Å². The lowest BCUT2D eigenvalue weighted by Gasteiger charge is -2.31. The average molecular weight is 545 g/mol. The number of halogens is 1. The highest BCUT2D eigenvalue weighted by Crippen LogP contribution is 2.36. The lowest BCUT2D eigenvalue weighted by atomic mass is 9.94. The molecule has 3 atom stereocenters. The summed E-state index contributed by atoms with van der Waals surface area (Å²) in [6, 6.07) is 15.5. The highest BCUT2D eigenvalue weighted by Gasteiger charge is 2.30. The molecule has 5 N–H and O–H groups in total. The maximum Gasteiger partial charge on any atom is 0.255 e. The molecule has 1 aliphatic heterocycles. The Balaban J connectivity index is 1.36. The predicted octanol–water partition coefficient (Wildman–Crippen LogP) is 3.68. The minimum Gasteiger partial charge on any atom is -0.492 e.